The minimum atomic E-state index is -0.493. The summed E-state index contributed by atoms with van der Waals surface area (Å²) in [4.78, 5) is 34.8. The zero-order chi connectivity index (χ0) is 17.5. The number of halogens is 1. The summed E-state index contributed by atoms with van der Waals surface area (Å²) in [7, 11) is 1.26. The molecule has 0 spiro atoms. The largest absolute Gasteiger partial charge is 0.468 e. The van der Waals surface area contributed by atoms with Gasteiger partial charge >= 0.3 is 5.97 Å². The molecule has 1 saturated carbocycles. The molecule has 2 atom stereocenters. The van der Waals surface area contributed by atoms with E-state index < -0.39 is 5.97 Å². The predicted octanol–water partition coefficient (Wildman–Crippen LogP) is 1.01. The first-order valence-corrected chi connectivity index (χ1v) is 7.97. The Labute approximate surface area is 153 Å². The molecule has 1 aliphatic carbocycles. The van der Waals surface area contributed by atoms with Crippen molar-refractivity contribution in [1.29, 1.82) is 0 Å². The summed E-state index contributed by atoms with van der Waals surface area (Å²) in [6.45, 7) is -0.146. The lowest BCUT2D eigenvalue weighted by Crippen LogP contribution is -2.31. The molecule has 4 N–H and O–H groups in total. The SMILES string of the molecule is COC(=O)CNC(=O)Cc1ccc(NC(=O)C2CCC(N)C2)cc1.Cl. The first-order valence-electron chi connectivity index (χ1n) is 7.97. The molecule has 2 rings (SSSR count). The maximum absolute atomic E-state index is 12.1. The van der Waals surface area contributed by atoms with Gasteiger partial charge in [-0.2, -0.15) is 0 Å². The lowest BCUT2D eigenvalue weighted by molar-refractivity contribution is -0.141. The van der Waals surface area contributed by atoms with Crippen LogP contribution in [0.1, 0.15) is 24.8 Å². The molecule has 2 amide bonds. The second-order valence-electron chi connectivity index (χ2n) is 5.99. The lowest BCUT2D eigenvalue weighted by Gasteiger charge is -2.11. The average molecular weight is 370 g/mol. The van der Waals surface area contributed by atoms with E-state index in [9.17, 15) is 14.4 Å². The van der Waals surface area contributed by atoms with Crippen molar-refractivity contribution in [2.45, 2.75) is 31.7 Å². The summed E-state index contributed by atoms with van der Waals surface area (Å²) in [6.07, 6.45) is 2.59. The van der Waals surface area contributed by atoms with Crippen molar-refractivity contribution in [3.8, 4) is 0 Å². The van der Waals surface area contributed by atoms with Gasteiger partial charge in [-0.05, 0) is 37.0 Å². The van der Waals surface area contributed by atoms with E-state index in [-0.39, 0.29) is 49.1 Å². The van der Waals surface area contributed by atoms with Crippen molar-refractivity contribution in [1.82, 2.24) is 5.32 Å². The van der Waals surface area contributed by atoms with Crippen molar-refractivity contribution < 1.29 is 19.1 Å². The molecule has 0 radical (unpaired) electrons. The standard InChI is InChI=1S/C17H23N3O4.ClH/c1-24-16(22)10-19-15(21)8-11-2-6-14(7-3-11)20-17(23)12-4-5-13(18)9-12;/h2-3,6-7,12-13H,4-5,8-10,18H2,1H3,(H,19,21)(H,20,23);1H. The number of anilines is 1. The Kier molecular flexibility index (Phi) is 8.37. The topological polar surface area (TPSA) is 111 Å². The van der Waals surface area contributed by atoms with Crippen LogP contribution >= 0.6 is 12.4 Å². The average Bonchev–Trinajstić information content (AvgIpc) is 3.01. The van der Waals surface area contributed by atoms with E-state index in [1.165, 1.54) is 7.11 Å². The zero-order valence-electron chi connectivity index (χ0n) is 14.1. The summed E-state index contributed by atoms with van der Waals surface area (Å²) in [5.74, 6) is -0.791. The first kappa shape index (κ1) is 20.9. The fourth-order valence-corrected chi connectivity index (χ4v) is 2.70. The number of hydrogen-bond acceptors (Lipinski definition) is 5. The van der Waals surface area contributed by atoms with Gasteiger partial charge in [-0.25, -0.2) is 0 Å². The minimum absolute atomic E-state index is 0. The first-order chi connectivity index (χ1) is 11.5. The fraction of sp³-hybridized carbons (Fsp3) is 0.471. The monoisotopic (exact) mass is 369 g/mol. The second kappa shape index (κ2) is 10.0. The summed E-state index contributed by atoms with van der Waals surface area (Å²) >= 11 is 0. The molecule has 1 aliphatic rings. The molecule has 7 nitrogen and oxygen atoms in total. The third-order valence-corrected chi connectivity index (χ3v) is 4.09. The summed E-state index contributed by atoms with van der Waals surface area (Å²) in [5, 5.41) is 5.35. The predicted molar refractivity (Wildman–Crippen MR) is 96.4 cm³/mol. The van der Waals surface area contributed by atoms with Crippen molar-refractivity contribution in [3.63, 3.8) is 0 Å². The Hall–Kier alpha value is -2.12. The molecular weight excluding hydrogens is 346 g/mol. The van der Waals surface area contributed by atoms with Gasteiger partial charge in [-0.3, -0.25) is 14.4 Å². The number of esters is 1. The van der Waals surface area contributed by atoms with Gasteiger partial charge in [0.05, 0.1) is 13.5 Å². The summed E-state index contributed by atoms with van der Waals surface area (Å²) in [5.41, 5.74) is 7.31. The number of nitrogens with two attached hydrogens (primary N) is 1. The summed E-state index contributed by atoms with van der Waals surface area (Å²) in [6, 6.07) is 7.18. The van der Waals surface area contributed by atoms with Gasteiger partial charge in [0.2, 0.25) is 11.8 Å². The molecule has 25 heavy (non-hydrogen) atoms. The highest BCUT2D eigenvalue weighted by atomic mass is 35.5. The van der Waals surface area contributed by atoms with E-state index in [1.54, 1.807) is 24.3 Å². The Morgan fingerprint density at radius 3 is 2.44 bits per heavy atom. The molecule has 2 unspecified atom stereocenters. The number of hydrogen-bond donors (Lipinski definition) is 3. The molecule has 0 saturated heterocycles. The number of carbonyl (C=O) groups is 3. The number of carbonyl (C=O) groups excluding carboxylic acids is 3. The summed E-state index contributed by atoms with van der Waals surface area (Å²) < 4.78 is 4.45. The number of nitrogens with one attached hydrogen (secondary N) is 2. The number of amides is 2. The van der Waals surface area contributed by atoms with Crippen LogP contribution in [-0.4, -0.2) is 37.5 Å². The van der Waals surface area contributed by atoms with E-state index in [0.29, 0.717) is 5.69 Å². The van der Waals surface area contributed by atoms with Crippen LogP contribution in [0.25, 0.3) is 0 Å². The van der Waals surface area contributed by atoms with Crippen LogP contribution in [0.2, 0.25) is 0 Å². The minimum Gasteiger partial charge on any atom is -0.468 e. The second-order valence-corrected chi connectivity index (χ2v) is 5.99. The maximum atomic E-state index is 12.1. The van der Waals surface area contributed by atoms with E-state index in [1.807, 2.05) is 0 Å². The molecule has 1 aromatic carbocycles. The van der Waals surface area contributed by atoms with Crippen LogP contribution in [0.4, 0.5) is 5.69 Å². The van der Waals surface area contributed by atoms with Crippen LogP contribution < -0.4 is 16.4 Å². The Bertz CT molecular complexity index is 606. The molecule has 8 heteroatoms. The number of rotatable bonds is 6. The van der Waals surface area contributed by atoms with Crippen LogP contribution in [-0.2, 0) is 25.5 Å². The molecule has 0 aliphatic heterocycles. The maximum Gasteiger partial charge on any atom is 0.325 e. The van der Waals surface area contributed by atoms with E-state index in [2.05, 4.69) is 15.4 Å². The molecule has 138 valence electrons. The number of ether oxygens (including phenoxy) is 1. The van der Waals surface area contributed by atoms with E-state index in [4.69, 9.17) is 5.73 Å². The van der Waals surface area contributed by atoms with Gasteiger partial charge in [0.25, 0.3) is 0 Å². The van der Waals surface area contributed by atoms with Gasteiger partial charge in [0, 0.05) is 17.6 Å². The van der Waals surface area contributed by atoms with Crippen LogP contribution in [0.15, 0.2) is 24.3 Å². The molecule has 1 aromatic rings. The molecule has 0 bridgehead atoms. The quantitative estimate of drug-likeness (QED) is 0.648. The lowest BCUT2D eigenvalue weighted by atomic mass is 10.1. The Balaban J connectivity index is 0.00000312. The van der Waals surface area contributed by atoms with Crippen molar-refractivity contribution in [2.75, 3.05) is 19.0 Å². The molecular formula is C17H24ClN3O4. The van der Waals surface area contributed by atoms with Gasteiger partial charge in [0.1, 0.15) is 6.54 Å². The van der Waals surface area contributed by atoms with Gasteiger partial charge in [-0.1, -0.05) is 12.1 Å². The molecule has 1 fully saturated rings. The normalized spacial score (nSPS) is 18.8. The highest BCUT2D eigenvalue weighted by molar-refractivity contribution is 5.92. The smallest absolute Gasteiger partial charge is 0.325 e. The third kappa shape index (κ3) is 6.72. The van der Waals surface area contributed by atoms with Crippen molar-refractivity contribution in [2.24, 2.45) is 11.7 Å². The third-order valence-electron chi connectivity index (χ3n) is 4.09. The van der Waals surface area contributed by atoms with Crippen LogP contribution in [0.3, 0.4) is 0 Å². The van der Waals surface area contributed by atoms with Crippen LogP contribution in [0, 0.1) is 5.92 Å². The van der Waals surface area contributed by atoms with Gasteiger partial charge in [-0.15, -0.1) is 12.4 Å². The highest BCUT2D eigenvalue weighted by Gasteiger charge is 2.27. The van der Waals surface area contributed by atoms with Crippen molar-refractivity contribution >= 4 is 35.9 Å². The number of methoxy groups -OCH3 is 1. The molecule has 0 aromatic heterocycles. The molecule has 0 heterocycles. The highest BCUT2D eigenvalue weighted by Crippen LogP contribution is 2.25. The number of benzene rings is 1. The van der Waals surface area contributed by atoms with Crippen LogP contribution in [0.5, 0.6) is 0 Å². The zero-order valence-corrected chi connectivity index (χ0v) is 14.9. The van der Waals surface area contributed by atoms with Gasteiger partial charge in [0.15, 0.2) is 0 Å². The Morgan fingerprint density at radius 1 is 1.20 bits per heavy atom. The van der Waals surface area contributed by atoms with E-state index >= 15 is 0 Å². The fourth-order valence-electron chi connectivity index (χ4n) is 2.70. The van der Waals surface area contributed by atoms with Crippen molar-refractivity contribution in [3.05, 3.63) is 29.8 Å². The Morgan fingerprint density at radius 2 is 1.88 bits per heavy atom. The van der Waals surface area contributed by atoms with Gasteiger partial charge < -0.3 is 21.1 Å². The van der Waals surface area contributed by atoms with E-state index in [0.717, 1.165) is 24.8 Å².